The predicted molar refractivity (Wildman–Crippen MR) is 103 cm³/mol. The van der Waals surface area contributed by atoms with Crippen LogP contribution in [-0.4, -0.2) is 29.6 Å². The molecular formula is C22H27NO4. The number of carbonyl (C=O) groups excluding carboxylic acids is 2. The molecule has 1 aromatic carbocycles. The van der Waals surface area contributed by atoms with Crippen molar-refractivity contribution in [1.29, 1.82) is 0 Å². The monoisotopic (exact) mass is 369 g/mol. The molecule has 0 aliphatic heterocycles. The molecule has 5 nitrogen and oxygen atoms in total. The van der Waals surface area contributed by atoms with Crippen LogP contribution in [0, 0.1) is 17.8 Å². The number of hydrogen-bond donors (Lipinski definition) is 0. The van der Waals surface area contributed by atoms with Gasteiger partial charge in [-0.1, -0.05) is 51.5 Å². The van der Waals surface area contributed by atoms with Gasteiger partial charge in [0.2, 0.25) is 0 Å². The van der Waals surface area contributed by atoms with Gasteiger partial charge in [0.05, 0.1) is 5.52 Å². The number of hydrogen-bond acceptors (Lipinski definition) is 5. The van der Waals surface area contributed by atoms with Crippen LogP contribution < -0.4 is 0 Å². The summed E-state index contributed by atoms with van der Waals surface area (Å²) in [7, 11) is 0. The summed E-state index contributed by atoms with van der Waals surface area (Å²) >= 11 is 0. The van der Waals surface area contributed by atoms with E-state index < -0.39 is 11.9 Å². The molecule has 0 bridgehead atoms. The quantitative estimate of drug-likeness (QED) is 0.731. The summed E-state index contributed by atoms with van der Waals surface area (Å²) in [6.45, 7) is 6.12. The summed E-state index contributed by atoms with van der Waals surface area (Å²) in [6, 6.07) is 10.9. The van der Waals surface area contributed by atoms with Crippen molar-refractivity contribution < 1.29 is 19.1 Å². The number of nitrogens with zero attached hydrogens (tertiary/aromatic N) is 1. The Hall–Kier alpha value is -2.43. The number of carbonyl (C=O) groups is 2. The molecule has 5 heteroatoms. The third kappa shape index (κ3) is 4.85. The lowest BCUT2D eigenvalue weighted by Crippen LogP contribution is -2.36. The Morgan fingerprint density at radius 1 is 1.15 bits per heavy atom. The first-order valence-corrected chi connectivity index (χ1v) is 9.66. The molecule has 3 rings (SSSR count). The molecule has 0 amide bonds. The van der Waals surface area contributed by atoms with Crippen molar-refractivity contribution in [3.05, 3.63) is 42.1 Å². The Morgan fingerprint density at radius 3 is 2.70 bits per heavy atom. The number of rotatable bonds is 5. The lowest BCUT2D eigenvalue weighted by molar-refractivity contribution is -0.159. The van der Waals surface area contributed by atoms with Gasteiger partial charge in [0.1, 0.15) is 11.8 Å². The van der Waals surface area contributed by atoms with Gasteiger partial charge < -0.3 is 9.47 Å². The van der Waals surface area contributed by atoms with Crippen molar-refractivity contribution in [2.75, 3.05) is 6.61 Å². The first-order chi connectivity index (χ1) is 12.9. The van der Waals surface area contributed by atoms with Gasteiger partial charge in [-0.25, -0.2) is 14.6 Å². The summed E-state index contributed by atoms with van der Waals surface area (Å²) in [5, 5.41) is 0.944. The van der Waals surface area contributed by atoms with E-state index in [1.807, 2.05) is 30.3 Å². The molecule has 1 aliphatic rings. The molecule has 1 aliphatic carbocycles. The third-order valence-corrected chi connectivity index (χ3v) is 5.37. The fourth-order valence-electron chi connectivity index (χ4n) is 3.83. The molecule has 1 fully saturated rings. The van der Waals surface area contributed by atoms with E-state index in [0.29, 0.717) is 23.3 Å². The maximum Gasteiger partial charge on any atom is 0.357 e. The summed E-state index contributed by atoms with van der Waals surface area (Å²) in [5.41, 5.74) is 0.901. The maximum atomic E-state index is 12.2. The Bertz CT molecular complexity index is 817. The van der Waals surface area contributed by atoms with Crippen molar-refractivity contribution in [3.63, 3.8) is 0 Å². The van der Waals surface area contributed by atoms with Gasteiger partial charge in [0, 0.05) is 5.39 Å². The fourth-order valence-corrected chi connectivity index (χ4v) is 3.83. The second-order valence-corrected chi connectivity index (χ2v) is 7.82. The highest BCUT2D eigenvalue weighted by atomic mass is 16.6. The number of esters is 2. The van der Waals surface area contributed by atoms with Gasteiger partial charge in [-0.3, -0.25) is 0 Å². The van der Waals surface area contributed by atoms with Crippen molar-refractivity contribution in [1.82, 2.24) is 4.98 Å². The van der Waals surface area contributed by atoms with Crippen LogP contribution in [0.3, 0.4) is 0 Å². The Morgan fingerprint density at radius 2 is 1.93 bits per heavy atom. The van der Waals surface area contributed by atoms with E-state index in [1.54, 1.807) is 6.07 Å². The fraction of sp³-hybridized carbons (Fsp3) is 0.500. The average Bonchev–Trinajstić information content (AvgIpc) is 2.65. The Labute approximate surface area is 160 Å². The SMILES string of the molecule is CC(C)[C@@H]1CC[C@@H](C)C[C@H]1OC(=O)COC(=O)c1ccc2ccccc2n1. The average molecular weight is 369 g/mol. The summed E-state index contributed by atoms with van der Waals surface area (Å²) in [4.78, 5) is 28.7. The zero-order valence-electron chi connectivity index (χ0n) is 16.2. The minimum absolute atomic E-state index is 0.0984. The van der Waals surface area contributed by atoms with Crippen LogP contribution in [0.5, 0.6) is 0 Å². The van der Waals surface area contributed by atoms with E-state index in [0.717, 1.165) is 18.2 Å². The van der Waals surface area contributed by atoms with Gasteiger partial charge in [-0.15, -0.1) is 0 Å². The standard InChI is InChI=1S/C22H27NO4/c1-14(2)17-10-8-15(3)12-20(17)27-21(24)13-26-22(25)19-11-9-16-6-4-5-7-18(16)23-19/h4-7,9,11,14-15,17,20H,8,10,12-13H2,1-3H3/t15-,17+,20-/m1/s1. The summed E-state index contributed by atoms with van der Waals surface area (Å²) < 4.78 is 10.8. The van der Waals surface area contributed by atoms with Crippen molar-refractivity contribution in [3.8, 4) is 0 Å². The molecule has 0 radical (unpaired) electrons. The molecule has 3 atom stereocenters. The van der Waals surface area contributed by atoms with Crippen molar-refractivity contribution in [2.24, 2.45) is 17.8 Å². The van der Waals surface area contributed by atoms with Gasteiger partial charge in [-0.2, -0.15) is 0 Å². The first kappa shape index (κ1) is 19.3. The molecular weight excluding hydrogens is 342 g/mol. The second kappa shape index (κ2) is 8.51. The van der Waals surface area contributed by atoms with E-state index in [1.165, 1.54) is 6.42 Å². The maximum absolute atomic E-state index is 12.2. The van der Waals surface area contributed by atoms with Crippen LogP contribution in [0.1, 0.15) is 50.5 Å². The van der Waals surface area contributed by atoms with E-state index in [4.69, 9.17) is 9.47 Å². The highest BCUT2D eigenvalue weighted by Crippen LogP contribution is 2.35. The summed E-state index contributed by atoms with van der Waals surface area (Å²) in [5.74, 6) is 0.258. The molecule has 2 aromatic rings. The number of benzene rings is 1. The van der Waals surface area contributed by atoms with Crippen LogP contribution in [0.25, 0.3) is 10.9 Å². The second-order valence-electron chi connectivity index (χ2n) is 7.82. The molecule has 27 heavy (non-hydrogen) atoms. The van der Waals surface area contributed by atoms with Gasteiger partial charge in [0.25, 0.3) is 0 Å². The minimum Gasteiger partial charge on any atom is -0.460 e. The van der Waals surface area contributed by atoms with Crippen molar-refractivity contribution in [2.45, 2.75) is 46.1 Å². The molecule has 0 saturated heterocycles. The molecule has 0 N–H and O–H groups in total. The number of fused-ring (bicyclic) bond motifs is 1. The van der Waals surface area contributed by atoms with Gasteiger partial charge in [0.15, 0.2) is 6.61 Å². The minimum atomic E-state index is -0.616. The van der Waals surface area contributed by atoms with Crippen LogP contribution >= 0.6 is 0 Å². The van der Waals surface area contributed by atoms with Crippen LogP contribution in [0.2, 0.25) is 0 Å². The van der Waals surface area contributed by atoms with Crippen LogP contribution in [0.4, 0.5) is 0 Å². The lowest BCUT2D eigenvalue weighted by atomic mass is 9.75. The molecule has 144 valence electrons. The molecule has 1 aromatic heterocycles. The summed E-state index contributed by atoms with van der Waals surface area (Å²) in [6.07, 6.45) is 3.00. The van der Waals surface area contributed by atoms with Gasteiger partial charge >= 0.3 is 11.9 Å². The largest absolute Gasteiger partial charge is 0.460 e. The Balaban J connectivity index is 1.56. The van der Waals surface area contributed by atoms with Crippen LogP contribution in [-0.2, 0) is 14.3 Å². The molecule has 1 saturated carbocycles. The highest BCUT2D eigenvalue weighted by Gasteiger charge is 2.33. The molecule has 1 heterocycles. The van der Waals surface area contributed by atoms with Crippen molar-refractivity contribution >= 4 is 22.8 Å². The number of pyridine rings is 1. The molecule has 0 unspecified atom stereocenters. The van der Waals surface area contributed by atoms with E-state index in [2.05, 4.69) is 25.8 Å². The van der Waals surface area contributed by atoms with E-state index >= 15 is 0 Å². The lowest BCUT2D eigenvalue weighted by Gasteiger charge is -2.36. The zero-order chi connectivity index (χ0) is 19.4. The van der Waals surface area contributed by atoms with E-state index in [-0.39, 0.29) is 18.4 Å². The normalized spacial score (nSPS) is 22.6. The zero-order valence-corrected chi connectivity index (χ0v) is 16.2. The smallest absolute Gasteiger partial charge is 0.357 e. The Kier molecular flexibility index (Phi) is 6.09. The predicted octanol–water partition coefficient (Wildman–Crippen LogP) is 4.40. The number of para-hydroxylation sites is 1. The first-order valence-electron chi connectivity index (χ1n) is 9.66. The topological polar surface area (TPSA) is 65.5 Å². The number of ether oxygens (including phenoxy) is 2. The van der Waals surface area contributed by atoms with Crippen LogP contribution in [0.15, 0.2) is 36.4 Å². The third-order valence-electron chi connectivity index (χ3n) is 5.37. The van der Waals surface area contributed by atoms with Gasteiger partial charge in [-0.05, 0) is 42.7 Å². The highest BCUT2D eigenvalue weighted by molar-refractivity contribution is 5.92. The van der Waals surface area contributed by atoms with E-state index in [9.17, 15) is 9.59 Å². The number of aromatic nitrogens is 1. The molecule has 0 spiro atoms.